The molecular formula is C8H15N. The fourth-order valence-corrected chi connectivity index (χ4v) is 0.969. The Balaban J connectivity index is 2.32. The van der Waals surface area contributed by atoms with Gasteiger partial charge in [-0.15, -0.1) is 0 Å². The lowest BCUT2D eigenvalue weighted by molar-refractivity contribution is 0.219. The predicted octanol–water partition coefficient (Wildman–Crippen LogP) is 1.86. The fourth-order valence-electron chi connectivity index (χ4n) is 0.969. The van der Waals surface area contributed by atoms with Crippen LogP contribution < -0.4 is 0 Å². The summed E-state index contributed by atoms with van der Waals surface area (Å²) in [6.45, 7) is 10.9. The highest BCUT2D eigenvalue weighted by Gasteiger charge is 2.16. The molecule has 1 nitrogen and oxygen atoms in total. The zero-order valence-corrected chi connectivity index (χ0v) is 6.35. The molecule has 9 heavy (non-hydrogen) atoms. The average molecular weight is 125 g/mol. The Hall–Kier alpha value is -0.460. The Kier molecular flexibility index (Phi) is 1.79. The second kappa shape index (κ2) is 2.42. The standard InChI is InChI=1S/C8H15N/c1-7(2)8(3)9-5-4-6-9/h7H,3-6H2,1-2H3. The Bertz CT molecular complexity index is 112. The quantitative estimate of drug-likeness (QED) is 0.544. The van der Waals surface area contributed by atoms with Crippen molar-refractivity contribution in [1.82, 2.24) is 4.90 Å². The number of rotatable bonds is 2. The SMILES string of the molecule is C=C(C(C)C)N1CCC1. The molecule has 0 spiro atoms. The van der Waals surface area contributed by atoms with Gasteiger partial charge in [0.1, 0.15) is 0 Å². The van der Waals surface area contributed by atoms with Gasteiger partial charge in [-0.25, -0.2) is 0 Å². The molecule has 0 radical (unpaired) electrons. The third kappa shape index (κ3) is 1.26. The molecule has 1 aliphatic rings. The molecule has 0 amide bonds. The minimum absolute atomic E-state index is 0.630. The zero-order chi connectivity index (χ0) is 6.85. The van der Waals surface area contributed by atoms with Gasteiger partial charge in [-0.1, -0.05) is 20.4 Å². The Morgan fingerprint density at radius 3 is 2.11 bits per heavy atom. The first-order valence-corrected chi connectivity index (χ1v) is 3.65. The van der Waals surface area contributed by atoms with Crippen LogP contribution in [0.3, 0.4) is 0 Å². The van der Waals surface area contributed by atoms with Crippen LogP contribution in [0.1, 0.15) is 20.3 Å². The molecule has 0 aromatic heterocycles. The first-order valence-electron chi connectivity index (χ1n) is 3.65. The van der Waals surface area contributed by atoms with Gasteiger partial charge in [0, 0.05) is 18.8 Å². The molecule has 0 N–H and O–H groups in total. The summed E-state index contributed by atoms with van der Waals surface area (Å²) in [5.41, 5.74) is 1.31. The summed E-state index contributed by atoms with van der Waals surface area (Å²) in [4.78, 5) is 2.35. The van der Waals surface area contributed by atoms with E-state index in [4.69, 9.17) is 0 Å². The van der Waals surface area contributed by atoms with Crippen molar-refractivity contribution in [1.29, 1.82) is 0 Å². The second-order valence-electron chi connectivity index (χ2n) is 2.99. The summed E-state index contributed by atoms with van der Waals surface area (Å²) in [5, 5.41) is 0. The molecule has 1 rings (SSSR count). The van der Waals surface area contributed by atoms with Crippen LogP contribution in [0.5, 0.6) is 0 Å². The minimum atomic E-state index is 0.630. The summed E-state index contributed by atoms with van der Waals surface area (Å²) >= 11 is 0. The molecule has 0 saturated carbocycles. The molecule has 1 heteroatoms. The van der Waals surface area contributed by atoms with Crippen LogP contribution in [-0.2, 0) is 0 Å². The van der Waals surface area contributed by atoms with E-state index in [0.717, 1.165) is 0 Å². The summed E-state index contributed by atoms with van der Waals surface area (Å²) in [5.74, 6) is 0.630. The monoisotopic (exact) mass is 125 g/mol. The molecule has 1 saturated heterocycles. The number of nitrogens with zero attached hydrogens (tertiary/aromatic N) is 1. The summed E-state index contributed by atoms with van der Waals surface area (Å²) in [6, 6.07) is 0. The highest BCUT2D eigenvalue weighted by molar-refractivity contribution is 4.99. The summed E-state index contributed by atoms with van der Waals surface area (Å²) < 4.78 is 0. The Morgan fingerprint density at radius 2 is 2.00 bits per heavy atom. The van der Waals surface area contributed by atoms with E-state index in [9.17, 15) is 0 Å². The van der Waals surface area contributed by atoms with Crippen molar-refractivity contribution in [3.63, 3.8) is 0 Å². The van der Waals surface area contributed by atoms with Gasteiger partial charge in [0.05, 0.1) is 0 Å². The lowest BCUT2D eigenvalue weighted by Gasteiger charge is -2.36. The highest BCUT2D eigenvalue weighted by atomic mass is 15.2. The van der Waals surface area contributed by atoms with Crippen molar-refractivity contribution in [2.45, 2.75) is 20.3 Å². The predicted molar refractivity (Wildman–Crippen MR) is 40.2 cm³/mol. The van der Waals surface area contributed by atoms with E-state index in [2.05, 4.69) is 25.3 Å². The summed E-state index contributed by atoms with van der Waals surface area (Å²) in [7, 11) is 0. The van der Waals surface area contributed by atoms with Gasteiger partial charge in [0.15, 0.2) is 0 Å². The van der Waals surface area contributed by atoms with Gasteiger partial charge in [-0.3, -0.25) is 0 Å². The molecule has 0 aliphatic carbocycles. The molecule has 1 heterocycles. The average Bonchev–Trinajstić information content (AvgIpc) is 1.60. The molecule has 0 aromatic carbocycles. The topological polar surface area (TPSA) is 3.24 Å². The molecule has 0 unspecified atom stereocenters. The molecule has 1 fully saturated rings. The van der Waals surface area contributed by atoms with Crippen molar-refractivity contribution < 1.29 is 0 Å². The maximum Gasteiger partial charge on any atom is 0.0191 e. The second-order valence-corrected chi connectivity index (χ2v) is 2.99. The van der Waals surface area contributed by atoms with Crippen LogP contribution in [0, 0.1) is 5.92 Å². The first-order chi connectivity index (χ1) is 4.22. The molecule has 1 aliphatic heterocycles. The van der Waals surface area contributed by atoms with Gasteiger partial charge in [0.25, 0.3) is 0 Å². The number of allylic oxidation sites excluding steroid dienone is 1. The van der Waals surface area contributed by atoms with E-state index in [1.165, 1.54) is 25.2 Å². The van der Waals surface area contributed by atoms with E-state index in [-0.39, 0.29) is 0 Å². The molecule has 52 valence electrons. The van der Waals surface area contributed by atoms with E-state index in [1.807, 2.05) is 0 Å². The largest absolute Gasteiger partial charge is 0.375 e. The zero-order valence-electron chi connectivity index (χ0n) is 6.35. The van der Waals surface area contributed by atoms with Gasteiger partial charge in [-0.05, 0) is 12.3 Å². The number of hydrogen-bond donors (Lipinski definition) is 0. The lowest BCUT2D eigenvalue weighted by Crippen LogP contribution is -2.37. The van der Waals surface area contributed by atoms with Gasteiger partial charge in [-0.2, -0.15) is 0 Å². The maximum absolute atomic E-state index is 4.00. The molecule has 0 atom stereocenters. The van der Waals surface area contributed by atoms with Crippen LogP contribution >= 0.6 is 0 Å². The molecule has 0 aromatic rings. The van der Waals surface area contributed by atoms with Gasteiger partial charge in [0.2, 0.25) is 0 Å². The smallest absolute Gasteiger partial charge is 0.0191 e. The van der Waals surface area contributed by atoms with Crippen molar-refractivity contribution in [2.75, 3.05) is 13.1 Å². The first kappa shape index (κ1) is 6.66. The normalized spacial score (nSPS) is 17.9. The maximum atomic E-state index is 4.00. The van der Waals surface area contributed by atoms with Crippen molar-refractivity contribution in [2.24, 2.45) is 5.92 Å². The van der Waals surface area contributed by atoms with Crippen LogP contribution in [0.4, 0.5) is 0 Å². The number of likely N-dealkylation sites (tertiary alicyclic amines) is 1. The molecular weight excluding hydrogens is 110 g/mol. The van der Waals surface area contributed by atoms with Crippen LogP contribution in [0.2, 0.25) is 0 Å². The van der Waals surface area contributed by atoms with E-state index in [1.54, 1.807) is 0 Å². The lowest BCUT2D eigenvalue weighted by atomic mass is 10.1. The van der Waals surface area contributed by atoms with Crippen molar-refractivity contribution in [3.05, 3.63) is 12.3 Å². The molecule has 0 bridgehead atoms. The van der Waals surface area contributed by atoms with Crippen molar-refractivity contribution >= 4 is 0 Å². The minimum Gasteiger partial charge on any atom is -0.375 e. The van der Waals surface area contributed by atoms with Crippen LogP contribution in [0.25, 0.3) is 0 Å². The fraction of sp³-hybridized carbons (Fsp3) is 0.750. The number of hydrogen-bond acceptors (Lipinski definition) is 1. The third-order valence-corrected chi connectivity index (χ3v) is 1.93. The van der Waals surface area contributed by atoms with Gasteiger partial charge >= 0.3 is 0 Å². The van der Waals surface area contributed by atoms with Gasteiger partial charge < -0.3 is 4.90 Å². The van der Waals surface area contributed by atoms with E-state index in [0.29, 0.717) is 5.92 Å². The van der Waals surface area contributed by atoms with E-state index < -0.39 is 0 Å². The third-order valence-electron chi connectivity index (χ3n) is 1.93. The Morgan fingerprint density at radius 1 is 1.44 bits per heavy atom. The van der Waals surface area contributed by atoms with Crippen molar-refractivity contribution in [3.8, 4) is 0 Å². The van der Waals surface area contributed by atoms with Crippen LogP contribution in [-0.4, -0.2) is 18.0 Å². The summed E-state index contributed by atoms with van der Waals surface area (Å²) in [6.07, 6.45) is 1.35. The van der Waals surface area contributed by atoms with Crippen LogP contribution in [0.15, 0.2) is 12.3 Å². The highest BCUT2D eigenvalue weighted by Crippen LogP contribution is 2.18. The Labute approximate surface area is 57.4 Å². The van der Waals surface area contributed by atoms with E-state index >= 15 is 0 Å².